The SMILES string of the molecule is N=C(c1ccc(Cl)cc1)C(CNc1nc(C2=CCOCC2)ncc1[N+](=O)[O-])c1ccccc1. The maximum Gasteiger partial charge on any atom is 0.329 e. The number of benzene rings is 2. The maximum absolute atomic E-state index is 11.6. The van der Waals surface area contributed by atoms with E-state index in [2.05, 4.69) is 15.3 Å². The van der Waals surface area contributed by atoms with Crippen LogP contribution in [0.3, 0.4) is 0 Å². The lowest BCUT2D eigenvalue weighted by Crippen LogP contribution is -2.23. The molecule has 0 saturated heterocycles. The molecule has 0 radical (unpaired) electrons. The van der Waals surface area contributed by atoms with Gasteiger partial charge in [-0.15, -0.1) is 0 Å². The van der Waals surface area contributed by atoms with E-state index >= 15 is 0 Å². The molecule has 0 fully saturated rings. The van der Waals surface area contributed by atoms with Gasteiger partial charge in [0.15, 0.2) is 5.82 Å². The molecule has 3 aromatic rings. The van der Waals surface area contributed by atoms with Gasteiger partial charge in [0.25, 0.3) is 0 Å². The summed E-state index contributed by atoms with van der Waals surface area (Å²) in [5.74, 6) is 0.199. The van der Waals surface area contributed by atoms with E-state index in [1.54, 1.807) is 24.3 Å². The molecule has 1 aromatic heterocycles. The van der Waals surface area contributed by atoms with Gasteiger partial charge < -0.3 is 15.5 Å². The third-order valence-corrected chi connectivity index (χ3v) is 5.65. The highest BCUT2D eigenvalue weighted by Crippen LogP contribution is 2.28. The average Bonchev–Trinajstić information content (AvgIpc) is 2.85. The smallest absolute Gasteiger partial charge is 0.329 e. The highest BCUT2D eigenvalue weighted by atomic mass is 35.5. The standard InChI is InChI=1S/C24H22ClN5O3/c25-19-8-6-17(7-9-19)22(26)20(16-4-2-1-3-5-16)14-27-24-21(30(31)32)15-28-23(29-24)18-10-12-33-13-11-18/h1-10,15,20,26H,11-14H2,(H,27,28,29). The number of nitrogens with zero attached hydrogens (tertiary/aromatic N) is 3. The number of nitro groups is 1. The largest absolute Gasteiger partial charge is 0.377 e. The van der Waals surface area contributed by atoms with Crippen LogP contribution in [0.15, 0.2) is 66.9 Å². The van der Waals surface area contributed by atoms with Crippen molar-refractivity contribution in [3.8, 4) is 0 Å². The van der Waals surface area contributed by atoms with Crippen LogP contribution in [0.2, 0.25) is 5.02 Å². The first-order valence-electron chi connectivity index (χ1n) is 10.4. The minimum atomic E-state index is -0.507. The highest BCUT2D eigenvalue weighted by Gasteiger charge is 2.23. The van der Waals surface area contributed by atoms with Crippen molar-refractivity contribution in [2.45, 2.75) is 12.3 Å². The van der Waals surface area contributed by atoms with Gasteiger partial charge in [-0.25, -0.2) is 9.97 Å². The molecule has 1 aliphatic heterocycles. The number of rotatable bonds is 8. The number of anilines is 1. The number of aromatic nitrogens is 2. The Morgan fingerprint density at radius 1 is 1.21 bits per heavy atom. The Kier molecular flexibility index (Phi) is 7.07. The van der Waals surface area contributed by atoms with Crippen LogP contribution in [-0.4, -0.2) is 40.4 Å². The van der Waals surface area contributed by atoms with Crippen LogP contribution in [-0.2, 0) is 4.74 Å². The summed E-state index contributed by atoms with van der Waals surface area (Å²) in [6.45, 7) is 1.26. The fourth-order valence-corrected chi connectivity index (χ4v) is 3.75. The minimum Gasteiger partial charge on any atom is -0.377 e. The van der Waals surface area contributed by atoms with Crippen molar-refractivity contribution >= 4 is 34.4 Å². The molecule has 0 spiro atoms. The second kappa shape index (κ2) is 10.3. The molecule has 4 rings (SSSR count). The molecule has 2 aromatic carbocycles. The maximum atomic E-state index is 11.6. The Balaban J connectivity index is 1.64. The molecule has 0 saturated carbocycles. The van der Waals surface area contributed by atoms with Crippen LogP contribution < -0.4 is 5.32 Å². The van der Waals surface area contributed by atoms with E-state index in [4.69, 9.17) is 21.7 Å². The average molecular weight is 464 g/mol. The van der Waals surface area contributed by atoms with Gasteiger partial charge in [0, 0.05) is 23.2 Å². The van der Waals surface area contributed by atoms with Crippen LogP contribution in [0.5, 0.6) is 0 Å². The summed E-state index contributed by atoms with van der Waals surface area (Å²) in [4.78, 5) is 19.7. The molecule has 1 unspecified atom stereocenters. The summed E-state index contributed by atoms with van der Waals surface area (Å²) in [7, 11) is 0. The Bertz CT molecular complexity index is 1180. The van der Waals surface area contributed by atoms with Crippen molar-refractivity contribution < 1.29 is 9.66 Å². The minimum absolute atomic E-state index is 0.127. The van der Waals surface area contributed by atoms with Gasteiger partial charge in [0.2, 0.25) is 5.82 Å². The summed E-state index contributed by atoms with van der Waals surface area (Å²) in [6.07, 6.45) is 3.76. The lowest BCUT2D eigenvalue weighted by molar-refractivity contribution is -0.384. The van der Waals surface area contributed by atoms with E-state index in [1.807, 2.05) is 36.4 Å². The molecule has 9 heteroatoms. The van der Waals surface area contributed by atoms with Crippen molar-refractivity contribution in [3.05, 3.63) is 99.0 Å². The lowest BCUT2D eigenvalue weighted by atomic mass is 9.90. The second-order valence-corrected chi connectivity index (χ2v) is 7.94. The summed E-state index contributed by atoms with van der Waals surface area (Å²) in [5.41, 5.74) is 2.69. The molecule has 1 atom stereocenters. The molecule has 168 valence electrons. The molecule has 2 heterocycles. The van der Waals surface area contributed by atoms with E-state index in [1.165, 1.54) is 6.20 Å². The quantitative estimate of drug-likeness (QED) is 0.272. The summed E-state index contributed by atoms with van der Waals surface area (Å²) in [6, 6.07) is 16.7. The zero-order chi connectivity index (χ0) is 23.2. The first-order valence-corrected chi connectivity index (χ1v) is 10.8. The normalized spacial score (nSPS) is 14.3. The third kappa shape index (κ3) is 5.42. The van der Waals surface area contributed by atoms with Crippen LogP contribution in [0.4, 0.5) is 11.5 Å². The van der Waals surface area contributed by atoms with Crippen molar-refractivity contribution in [1.29, 1.82) is 5.41 Å². The highest BCUT2D eigenvalue weighted by molar-refractivity contribution is 6.30. The first kappa shape index (κ1) is 22.6. The van der Waals surface area contributed by atoms with Crippen LogP contribution >= 0.6 is 11.6 Å². The molecule has 0 amide bonds. The molecular weight excluding hydrogens is 442 g/mol. The number of ether oxygens (including phenoxy) is 1. The number of hydrogen-bond donors (Lipinski definition) is 2. The number of nitrogens with one attached hydrogen (secondary N) is 2. The van der Waals surface area contributed by atoms with Crippen molar-refractivity contribution in [2.24, 2.45) is 0 Å². The van der Waals surface area contributed by atoms with Gasteiger partial charge in [-0.05, 0) is 35.3 Å². The number of hydrogen-bond acceptors (Lipinski definition) is 7. The fraction of sp³-hybridized carbons (Fsp3) is 0.208. The first-order chi connectivity index (χ1) is 16.0. The topological polar surface area (TPSA) is 114 Å². The Labute approximate surface area is 196 Å². The van der Waals surface area contributed by atoms with E-state index in [9.17, 15) is 10.1 Å². The van der Waals surface area contributed by atoms with Gasteiger partial charge >= 0.3 is 5.69 Å². The van der Waals surface area contributed by atoms with Crippen LogP contribution in [0, 0.1) is 15.5 Å². The lowest BCUT2D eigenvalue weighted by Gasteiger charge is -2.20. The van der Waals surface area contributed by atoms with E-state index < -0.39 is 4.92 Å². The number of halogens is 1. The van der Waals surface area contributed by atoms with Gasteiger partial charge in [0.05, 0.1) is 18.1 Å². The monoisotopic (exact) mass is 463 g/mol. The fourth-order valence-electron chi connectivity index (χ4n) is 3.63. The van der Waals surface area contributed by atoms with Crippen molar-refractivity contribution in [3.63, 3.8) is 0 Å². The summed E-state index contributed by atoms with van der Waals surface area (Å²) < 4.78 is 5.33. The molecule has 8 nitrogen and oxygen atoms in total. The van der Waals surface area contributed by atoms with Crippen molar-refractivity contribution in [1.82, 2.24) is 9.97 Å². The third-order valence-electron chi connectivity index (χ3n) is 5.40. The molecule has 0 bridgehead atoms. The Hall–Kier alpha value is -3.62. The predicted octanol–water partition coefficient (Wildman–Crippen LogP) is 5.11. The Morgan fingerprint density at radius 3 is 2.64 bits per heavy atom. The van der Waals surface area contributed by atoms with E-state index in [-0.39, 0.29) is 24.0 Å². The molecule has 1 aliphatic rings. The van der Waals surface area contributed by atoms with Gasteiger partial charge in [-0.1, -0.05) is 60.1 Å². The second-order valence-electron chi connectivity index (χ2n) is 7.50. The molecule has 2 N–H and O–H groups in total. The van der Waals surface area contributed by atoms with Crippen molar-refractivity contribution in [2.75, 3.05) is 25.1 Å². The van der Waals surface area contributed by atoms with E-state index in [0.29, 0.717) is 36.2 Å². The summed E-state index contributed by atoms with van der Waals surface area (Å²) in [5, 5.41) is 24.1. The zero-order valence-corrected chi connectivity index (χ0v) is 18.5. The molecule has 33 heavy (non-hydrogen) atoms. The summed E-state index contributed by atoms with van der Waals surface area (Å²) >= 11 is 6.01. The predicted molar refractivity (Wildman–Crippen MR) is 128 cm³/mol. The van der Waals surface area contributed by atoms with Gasteiger partial charge in [0.1, 0.15) is 6.20 Å². The van der Waals surface area contributed by atoms with Gasteiger partial charge in [-0.2, -0.15) is 0 Å². The van der Waals surface area contributed by atoms with E-state index in [0.717, 1.165) is 16.7 Å². The zero-order valence-electron chi connectivity index (χ0n) is 17.7. The molecule has 0 aliphatic carbocycles. The van der Waals surface area contributed by atoms with Crippen LogP contribution in [0.1, 0.15) is 29.3 Å². The Morgan fingerprint density at radius 2 is 1.97 bits per heavy atom. The molecular formula is C24H22ClN5O3. The van der Waals surface area contributed by atoms with Gasteiger partial charge in [-0.3, -0.25) is 10.1 Å². The van der Waals surface area contributed by atoms with Crippen LogP contribution in [0.25, 0.3) is 5.57 Å².